The van der Waals surface area contributed by atoms with E-state index in [1.165, 1.54) is 0 Å². The number of halogens is 1. The van der Waals surface area contributed by atoms with Crippen molar-refractivity contribution in [2.75, 3.05) is 7.11 Å². The summed E-state index contributed by atoms with van der Waals surface area (Å²) in [6.07, 6.45) is 3.53. The van der Waals surface area contributed by atoms with E-state index in [9.17, 15) is 4.79 Å². The summed E-state index contributed by atoms with van der Waals surface area (Å²) in [5, 5.41) is 11.4. The van der Waals surface area contributed by atoms with E-state index in [4.69, 9.17) is 4.74 Å². The highest BCUT2D eigenvalue weighted by atomic mass is 79.9. The van der Waals surface area contributed by atoms with Gasteiger partial charge in [-0.3, -0.25) is 9.20 Å². The molecule has 0 bridgehead atoms. The Kier molecular flexibility index (Phi) is 5.28. The van der Waals surface area contributed by atoms with Crippen LogP contribution in [0.4, 0.5) is 0 Å². The molecule has 0 radical (unpaired) electrons. The fourth-order valence-electron chi connectivity index (χ4n) is 2.58. The summed E-state index contributed by atoms with van der Waals surface area (Å²) in [7, 11) is 1.55. The molecule has 0 unspecified atom stereocenters. The van der Waals surface area contributed by atoms with Gasteiger partial charge in [-0.1, -0.05) is 19.4 Å². The SMILES string of the molecule is CCC[C@H](NC(=O)c1ccc(OC)c(Br)n1)c1nnc2ccccn12. The van der Waals surface area contributed by atoms with Gasteiger partial charge in [0.05, 0.1) is 13.2 Å². The zero-order chi connectivity index (χ0) is 17.8. The summed E-state index contributed by atoms with van der Waals surface area (Å²) in [5.41, 5.74) is 1.06. The normalized spacial score (nSPS) is 12.1. The highest BCUT2D eigenvalue weighted by Gasteiger charge is 2.21. The number of hydrogen-bond acceptors (Lipinski definition) is 5. The number of methoxy groups -OCH3 is 1. The first-order valence-corrected chi connectivity index (χ1v) is 8.74. The first-order valence-electron chi connectivity index (χ1n) is 7.95. The number of nitrogens with one attached hydrogen (secondary N) is 1. The van der Waals surface area contributed by atoms with Crippen LogP contribution in [0.2, 0.25) is 0 Å². The van der Waals surface area contributed by atoms with Crippen molar-refractivity contribution in [3.63, 3.8) is 0 Å². The molecular formula is C17H18BrN5O2. The molecule has 0 saturated carbocycles. The van der Waals surface area contributed by atoms with Crippen LogP contribution in [0.15, 0.2) is 41.1 Å². The van der Waals surface area contributed by atoms with Gasteiger partial charge in [-0.25, -0.2) is 4.98 Å². The molecule has 1 amide bonds. The minimum absolute atomic E-state index is 0.252. The van der Waals surface area contributed by atoms with E-state index >= 15 is 0 Å². The lowest BCUT2D eigenvalue weighted by Crippen LogP contribution is -2.30. The molecule has 7 nitrogen and oxygen atoms in total. The average molecular weight is 404 g/mol. The zero-order valence-corrected chi connectivity index (χ0v) is 15.5. The number of nitrogens with zero attached hydrogens (tertiary/aromatic N) is 4. The Morgan fingerprint density at radius 1 is 1.32 bits per heavy atom. The van der Waals surface area contributed by atoms with Crippen LogP contribution in [0.5, 0.6) is 5.75 Å². The standard InChI is InChI=1S/C17H18BrN5O2/c1-3-6-11(16-22-21-14-7-4-5-10-23(14)16)20-17(24)12-8-9-13(25-2)15(18)19-12/h4-5,7-11H,3,6H2,1-2H3,(H,20,24)/t11-/m0/s1. The Hall–Kier alpha value is -2.48. The Morgan fingerprint density at radius 3 is 2.88 bits per heavy atom. The maximum Gasteiger partial charge on any atom is 0.270 e. The van der Waals surface area contributed by atoms with Gasteiger partial charge in [-0.2, -0.15) is 0 Å². The van der Waals surface area contributed by atoms with E-state index in [1.807, 2.05) is 28.8 Å². The highest BCUT2D eigenvalue weighted by molar-refractivity contribution is 9.10. The molecule has 1 N–H and O–H groups in total. The molecule has 0 aliphatic carbocycles. The minimum Gasteiger partial charge on any atom is -0.494 e. The third-order valence-corrected chi connectivity index (χ3v) is 4.37. The summed E-state index contributed by atoms with van der Waals surface area (Å²) >= 11 is 3.30. The lowest BCUT2D eigenvalue weighted by atomic mass is 10.1. The van der Waals surface area contributed by atoms with E-state index in [-0.39, 0.29) is 11.9 Å². The molecule has 25 heavy (non-hydrogen) atoms. The quantitative estimate of drug-likeness (QED) is 0.639. The van der Waals surface area contributed by atoms with Gasteiger partial charge in [0.1, 0.15) is 10.3 Å². The second kappa shape index (κ2) is 7.60. The second-order valence-electron chi connectivity index (χ2n) is 5.49. The molecule has 3 heterocycles. The van der Waals surface area contributed by atoms with Crippen LogP contribution in [-0.2, 0) is 0 Å². The monoisotopic (exact) mass is 403 g/mol. The number of rotatable bonds is 6. The van der Waals surface area contributed by atoms with Crippen LogP contribution in [0, 0.1) is 0 Å². The summed E-state index contributed by atoms with van der Waals surface area (Å²) in [6.45, 7) is 2.06. The van der Waals surface area contributed by atoms with Crippen LogP contribution in [-0.4, -0.2) is 32.6 Å². The maximum atomic E-state index is 12.6. The highest BCUT2D eigenvalue weighted by Crippen LogP contribution is 2.23. The van der Waals surface area contributed by atoms with Crippen LogP contribution in [0.1, 0.15) is 42.1 Å². The number of carbonyl (C=O) groups is 1. The number of aromatic nitrogens is 4. The van der Waals surface area contributed by atoms with Crippen LogP contribution in [0.25, 0.3) is 5.65 Å². The summed E-state index contributed by atoms with van der Waals surface area (Å²) in [6, 6.07) is 8.77. The number of amides is 1. The number of fused-ring (bicyclic) bond motifs is 1. The van der Waals surface area contributed by atoms with E-state index in [0.29, 0.717) is 21.9 Å². The molecule has 3 aromatic rings. The smallest absolute Gasteiger partial charge is 0.270 e. The number of carbonyl (C=O) groups excluding carboxylic acids is 1. The van der Waals surface area contributed by atoms with Crippen molar-refractivity contribution >= 4 is 27.5 Å². The van der Waals surface area contributed by atoms with Gasteiger partial charge in [0, 0.05) is 6.20 Å². The molecular weight excluding hydrogens is 386 g/mol. The minimum atomic E-state index is -0.269. The zero-order valence-electron chi connectivity index (χ0n) is 13.9. The fraction of sp³-hybridized carbons (Fsp3) is 0.294. The first kappa shape index (κ1) is 17.3. The molecule has 0 aromatic carbocycles. The lowest BCUT2D eigenvalue weighted by molar-refractivity contribution is 0.0927. The van der Waals surface area contributed by atoms with Crippen LogP contribution < -0.4 is 10.1 Å². The van der Waals surface area contributed by atoms with Gasteiger partial charge in [-0.05, 0) is 46.6 Å². The third kappa shape index (κ3) is 3.63. The topological polar surface area (TPSA) is 81.4 Å². The molecule has 3 rings (SSSR count). The molecule has 0 aliphatic heterocycles. The third-order valence-electron chi connectivity index (χ3n) is 3.80. The van der Waals surface area contributed by atoms with E-state index in [2.05, 4.69) is 43.4 Å². The summed E-state index contributed by atoms with van der Waals surface area (Å²) < 4.78 is 7.52. The largest absolute Gasteiger partial charge is 0.494 e. The maximum absolute atomic E-state index is 12.6. The van der Waals surface area contributed by atoms with Gasteiger partial charge >= 0.3 is 0 Å². The van der Waals surface area contributed by atoms with Crippen molar-refractivity contribution in [3.8, 4) is 5.75 Å². The van der Waals surface area contributed by atoms with Gasteiger partial charge < -0.3 is 10.1 Å². The summed E-state index contributed by atoms with van der Waals surface area (Å²) in [4.78, 5) is 16.9. The van der Waals surface area contributed by atoms with Crippen molar-refractivity contribution in [2.24, 2.45) is 0 Å². The molecule has 0 spiro atoms. The molecule has 8 heteroatoms. The van der Waals surface area contributed by atoms with E-state index in [0.717, 1.165) is 18.5 Å². The number of pyridine rings is 2. The van der Waals surface area contributed by atoms with Gasteiger partial charge in [-0.15, -0.1) is 10.2 Å². The fourth-order valence-corrected chi connectivity index (χ4v) is 3.07. The van der Waals surface area contributed by atoms with E-state index < -0.39 is 0 Å². The molecule has 130 valence electrons. The molecule has 0 aliphatic rings. The van der Waals surface area contributed by atoms with Crippen LogP contribution in [0.3, 0.4) is 0 Å². The Bertz CT molecular complexity index is 896. The second-order valence-corrected chi connectivity index (χ2v) is 6.24. The van der Waals surface area contributed by atoms with Gasteiger partial charge in [0.25, 0.3) is 5.91 Å². The molecule has 3 aromatic heterocycles. The van der Waals surface area contributed by atoms with Crippen molar-refractivity contribution in [2.45, 2.75) is 25.8 Å². The Morgan fingerprint density at radius 2 is 2.16 bits per heavy atom. The van der Waals surface area contributed by atoms with Crippen molar-refractivity contribution in [1.82, 2.24) is 24.9 Å². The Balaban J connectivity index is 1.86. The Labute approximate surface area is 153 Å². The van der Waals surface area contributed by atoms with Crippen LogP contribution >= 0.6 is 15.9 Å². The predicted molar refractivity (Wildman–Crippen MR) is 96.6 cm³/mol. The van der Waals surface area contributed by atoms with Crippen molar-refractivity contribution < 1.29 is 9.53 Å². The molecule has 0 fully saturated rings. The number of ether oxygens (including phenoxy) is 1. The van der Waals surface area contributed by atoms with E-state index in [1.54, 1.807) is 19.2 Å². The van der Waals surface area contributed by atoms with Crippen molar-refractivity contribution in [1.29, 1.82) is 0 Å². The number of hydrogen-bond donors (Lipinski definition) is 1. The first-order chi connectivity index (χ1) is 12.1. The van der Waals surface area contributed by atoms with Crippen molar-refractivity contribution in [3.05, 3.63) is 52.7 Å². The predicted octanol–water partition coefficient (Wildman–Crippen LogP) is 3.17. The summed E-state index contributed by atoms with van der Waals surface area (Å²) in [5.74, 6) is 1.01. The average Bonchev–Trinajstić information content (AvgIpc) is 3.05. The molecule has 0 saturated heterocycles. The van der Waals surface area contributed by atoms with Gasteiger partial charge in [0.2, 0.25) is 0 Å². The van der Waals surface area contributed by atoms with Gasteiger partial charge in [0.15, 0.2) is 17.2 Å². The lowest BCUT2D eigenvalue weighted by Gasteiger charge is -2.16. The molecule has 1 atom stereocenters.